The van der Waals surface area contributed by atoms with Crippen molar-refractivity contribution in [2.75, 3.05) is 5.84 Å². The number of aryl methyl sites for hydroxylation is 2. The molecule has 138 valence electrons. The molecule has 1 aliphatic rings. The van der Waals surface area contributed by atoms with Crippen LogP contribution >= 0.6 is 23.1 Å². The van der Waals surface area contributed by atoms with Gasteiger partial charge in [0, 0.05) is 22.4 Å². The van der Waals surface area contributed by atoms with E-state index in [0.717, 1.165) is 43.1 Å². The second kappa shape index (κ2) is 6.27. The van der Waals surface area contributed by atoms with Gasteiger partial charge in [0.25, 0.3) is 11.4 Å². The van der Waals surface area contributed by atoms with Crippen LogP contribution in [0, 0.1) is 0 Å². The third kappa shape index (κ3) is 2.96. The third-order valence-electron chi connectivity index (χ3n) is 4.08. The Labute approximate surface area is 153 Å². The molecule has 12 heteroatoms. The van der Waals surface area contributed by atoms with Gasteiger partial charge in [0.05, 0.1) is 5.69 Å². The minimum Gasteiger partial charge on any atom is -0.335 e. The van der Waals surface area contributed by atoms with Gasteiger partial charge in [-0.2, -0.15) is 13.2 Å². The molecule has 0 radical (unpaired) electrons. The normalized spacial score (nSPS) is 14.7. The molecule has 7 nitrogen and oxygen atoms in total. The summed E-state index contributed by atoms with van der Waals surface area (Å²) in [5.41, 5.74) is 1.33. The van der Waals surface area contributed by atoms with Gasteiger partial charge in [-0.3, -0.25) is 9.20 Å². The molecule has 0 bridgehead atoms. The van der Waals surface area contributed by atoms with Crippen LogP contribution in [0.4, 0.5) is 13.2 Å². The Morgan fingerprint density at radius 1 is 1.27 bits per heavy atom. The highest BCUT2D eigenvalue weighted by molar-refractivity contribution is 7.98. The van der Waals surface area contributed by atoms with Crippen LogP contribution in [0.3, 0.4) is 0 Å². The van der Waals surface area contributed by atoms with E-state index in [-0.39, 0.29) is 16.5 Å². The van der Waals surface area contributed by atoms with Gasteiger partial charge < -0.3 is 5.84 Å². The lowest BCUT2D eigenvalue weighted by Crippen LogP contribution is -2.21. The van der Waals surface area contributed by atoms with Crippen LogP contribution in [0.1, 0.15) is 34.9 Å². The van der Waals surface area contributed by atoms with Gasteiger partial charge in [-0.1, -0.05) is 11.8 Å². The highest BCUT2D eigenvalue weighted by Crippen LogP contribution is 2.31. The first-order valence-corrected chi connectivity index (χ1v) is 9.58. The first-order chi connectivity index (χ1) is 12.3. The Morgan fingerprint density at radius 2 is 2.04 bits per heavy atom. The van der Waals surface area contributed by atoms with E-state index in [4.69, 9.17) is 5.84 Å². The number of nitrogen functional groups attached to an aromatic ring is 1. The molecule has 3 heterocycles. The van der Waals surface area contributed by atoms with Crippen LogP contribution in [0.2, 0.25) is 0 Å². The summed E-state index contributed by atoms with van der Waals surface area (Å²) in [4.78, 5) is 18.7. The fraction of sp³-hybridized carbons (Fsp3) is 0.429. The van der Waals surface area contributed by atoms with Crippen molar-refractivity contribution in [3.63, 3.8) is 0 Å². The molecule has 0 amide bonds. The van der Waals surface area contributed by atoms with E-state index in [1.165, 1.54) is 22.3 Å². The van der Waals surface area contributed by atoms with E-state index in [9.17, 15) is 18.0 Å². The molecule has 0 fully saturated rings. The molecule has 0 saturated carbocycles. The Bertz CT molecular complexity index is 1040. The lowest BCUT2D eigenvalue weighted by Gasteiger charge is -2.10. The van der Waals surface area contributed by atoms with Gasteiger partial charge in [0.15, 0.2) is 4.96 Å². The minimum atomic E-state index is -4.67. The van der Waals surface area contributed by atoms with Gasteiger partial charge >= 0.3 is 6.18 Å². The number of thioether (sulfide) groups is 1. The van der Waals surface area contributed by atoms with E-state index in [0.29, 0.717) is 15.3 Å². The number of alkyl halides is 3. The summed E-state index contributed by atoms with van der Waals surface area (Å²) in [5, 5.41) is 6.43. The molecule has 0 unspecified atom stereocenters. The first kappa shape index (κ1) is 17.3. The van der Waals surface area contributed by atoms with Gasteiger partial charge in [-0.25, -0.2) is 9.66 Å². The van der Waals surface area contributed by atoms with Crippen molar-refractivity contribution >= 4 is 28.1 Å². The van der Waals surface area contributed by atoms with Crippen molar-refractivity contribution in [3.8, 4) is 0 Å². The molecule has 0 aliphatic heterocycles. The van der Waals surface area contributed by atoms with Gasteiger partial charge in [0.1, 0.15) is 0 Å². The standard InChI is InChI=1S/C14H13F3N6OS2/c15-14(16,17)11-20-21-13(23(11)18)25-6-7-5-10(24)22-8-3-1-2-4-9(8)26-12(22)19-7/h5H,1-4,6,18H2. The molecule has 0 spiro atoms. The summed E-state index contributed by atoms with van der Waals surface area (Å²) < 4.78 is 40.1. The second-order valence-electron chi connectivity index (χ2n) is 5.85. The number of halogens is 3. The van der Waals surface area contributed by atoms with E-state index < -0.39 is 12.0 Å². The smallest absolute Gasteiger partial charge is 0.335 e. The average molecular weight is 402 g/mol. The zero-order chi connectivity index (χ0) is 18.5. The maximum atomic E-state index is 12.7. The molecule has 0 aromatic carbocycles. The number of nitrogens with zero attached hydrogens (tertiary/aromatic N) is 5. The zero-order valence-electron chi connectivity index (χ0n) is 13.3. The Morgan fingerprint density at radius 3 is 2.77 bits per heavy atom. The highest BCUT2D eigenvalue weighted by Gasteiger charge is 2.38. The summed E-state index contributed by atoms with van der Waals surface area (Å²) in [5.74, 6) is 4.31. The molecule has 0 saturated heterocycles. The number of hydrogen-bond donors (Lipinski definition) is 1. The van der Waals surface area contributed by atoms with Crippen molar-refractivity contribution in [2.24, 2.45) is 0 Å². The fourth-order valence-corrected chi connectivity index (χ4v) is 4.90. The SMILES string of the molecule is Nn1c(SCc2cc(=O)n3c4c(sc3n2)CCCC4)nnc1C(F)(F)F. The number of nitrogens with two attached hydrogens (primary N) is 1. The maximum absolute atomic E-state index is 12.7. The maximum Gasteiger partial charge on any atom is 0.453 e. The van der Waals surface area contributed by atoms with Crippen molar-refractivity contribution in [1.29, 1.82) is 0 Å². The molecule has 3 aromatic heterocycles. The lowest BCUT2D eigenvalue weighted by atomic mass is 10.0. The lowest BCUT2D eigenvalue weighted by molar-refractivity contribution is -0.146. The number of fused-ring (bicyclic) bond motifs is 3. The summed E-state index contributed by atoms with van der Waals surface area (Å²) in [7, 11) is 0. The van der Waals surface area contributed by atoms with E-state index >= 15 is 0 Å². The van der Waals surface area contributed by atoms with E-state index in [1.807, 2.05) is 0 Å². The molecule has 26 heavy (non-hydrogen) atoms. The van der Waals surface area contributed by atoms with Crippen molar-refractivity contribution in [3.05, 3.63) is 38.5 Å². The summed E-state index contributed by atoms with van der Waals surface area (Å²) in [6, 6.07) is 1.41. The molecule has 2 N–H and O–H groups in total. The van der Waals surface area contributed by atoms with Gasteiger partial charge in [-0.15, -0.1) is 21.5 Å². The van der Waals surface area contributed by atoms with Gasteiger partial charge in [-0.05, 0) is 25.7 Å². The van der Waals surface area contributed by atoms with E-state index in [1.54, 1.807) is 4.40 Å². The summed E-state index contributed by atoms with van der Waals surface area (Å²) in [6.45, 7) is 0. The number of thiazole rings is 1. The van der Waals surface area contributed by atoms with Gasteiger partial charge in [0.2, 0.25) is 5.16 Å². The van der Waals surface area contributed by atoms with Crippen LogP contribution in [0.5, 0.6) is 0 Å². The molecule has 3 aromatic rings. The van der Waals surface area contributed by atoms with Crippen molar-refractivity contribution in [2.45, 2.75) is 42.8 Å². The topological polar surface area (TPSA) is 91.1 Å². The third-order valence-corrected chi connectivity index (χ3v) is 6.20. The zero-order valence-corrected chi connectivity index (χ0v) is 14.9. The van der Waals surface area contributed by atoms with Crippen LogP contribution in [-0.4, -0.2) is 24.3 Å². The number of hydrogen-bond acceptors (Lipinski definition) is 7. The highest BCUT2D eigenvalue weighted by atomic mass is 32.2. The molecular formula is C14H13F3N6OS2. The largest absolute Gasteiger partial charge is 0.453 e. The average Bonchev–Trinajstić information content (AvgIpc) is 3.13. The monoisotopic (exact) mass is 402 g/mol. The Hall–Kier alpha value is -2.08. The first-order valence-electron chi connectivity index (χ1n) is 7.78. The predicted molar refractivity (Wildman–Crippen MR) is 90.7 cm³/mol. The molecule has 0 atom stereocenters. The second-order valence-corrected chi connectivity index (χ2v) is 7.85. The van der Waals surface area contributed by atoms with E-state index in [2.05, 4.69) is 15.2 Å². The van der Waals surface area contributed by atoms with Crippen LogP contribution in [0.15, 0.2) is 16.0 Å². The minimum absolute atomic E-state index is 0.0928. The summed E-state index contributed by atoms with van der Waals surface area (Å²) >= 11 is 2.44. The van der Waals surface area contributed by atoms with Crippen LogP contribution in [0.25, 0.3) is 4.96 Å². The summed E-state index contributed by atoms with van der Waals surface area (Å²) in [6.07, 6.45) is -0.709. The molecular weight excluding hydrogens is 389 g/mol. The van der Waals surface area contributed by atoms with Crippen molar-refractivity contribution in [1.82, 2.24) is 24.3 Å². The number of rotatable bonds is 3. The Balaban J connectivity index is 1.61. The number of aromatic nitrogens is 5. The fourth-order valence-electron chi connectivity index (χ4n) is 2.92. The Kier molecular flexibility index (Phi) is 4.18. The molecule has 4 rings (SSSR count). The van der Waals surface area contributed by atoms with Crippen LogP contribution in [-0.2, 0) is 24.8 Å². The molecule has 1 aliphatic carbocycles. The van der Waals surface area contributed by atoms with Crippen molar-refractivity contribution < 1.29 is 13.2 Å². The predicted octanol–water partition coefficient (Wildman–Crippen LogP) is 2.25. The quantitative estimate of drug-likeness (QED) is 0.534. The van der Waals surface area contributed by atoms with Crippen LogP contribution < -0.4 is 11.4 Å².